The number of fused-ring (bicyclic) bond motifs is 6. The fourth-order valence-electron chi connectivity index (χ4n) is 5.60. The molecule has 6 atom stereocenters. The number of hydrogen-bond donors (Lipinski definition) is 0. The van der Waals surface area contributed by atoms with E-state index in [9.17, 15) is 9.59 Å². The molecule has 0 aromatic rings. The Morgan fingerprint density at radius 3 is 2.95 bits per heavy atom. The van der Waals surface area contributed by atoms with Gasteiger partial charge in [-0.25, -0.2) is 0 Å². The van der Waals surface area contributed by atoms with E-state index in [1.165, 1.54) is 0 Å². The van der Waals surface area contributed by atoms with Crippen molar-refractivity contribution < 1.29 is 14.3 Å². The summed E-state index contributed by atoms with van der Waals surface area (Å²) in [6.45, 7) is 0. The van der Waals surface area contributed by atoms with Gasteiger partial charge in [-0.1, -0.05) is 18.6 Å². The zero-order valence-corrected chi connectivity index (χ0v) is 11.5. The van der Waals surface area contributed by atoms with Crippen molar-refractivity contribution in [1.29, 1.82) is 0 Å². The van der Waals surface area contributed by atoms with Crippen molar-refractivity contribution in [2.24, 2.45) is 23.7 Å². The van der Waals surface area contributed by atoms with E-state index in [1.54, 1.807) is 0 Å². The van der Waals surface area contributed by atoms with Crippen LogP contribution in [0, 0.1) is 23.7 Å². The highest BCUT2D eigenvalue weighted by Crippen LogP contribution is 2.58. The van der Waals surface area contributed by atoms with Crippen molar-refractivity contribution in [3.63, 3.8) is 0 Å². The number of amides is 1. The summed E-state index contributed by atoms with van der Waals surface area (Å²) in [4.78, 5) is 27.2. The zero-order valence-electron chi connectivity index (χ0n) is 11.5. The molecule has 1 amide bonds. The average Bonchev–Trinajstić information content (AvgIpc) is 3.08. The third-order valence-corrected chi connectivity index (χ3v) is 6.34. The molecule has 1 spiro atoms. The summed E-state index contributed by atoms with van der Waals surface area (Å²) < 4.78 is 5.97. The highest BCUT2D eigenvalue weighted by atomic mass is 16.6. The minimum Gasteiger partial charge on any atom is -0.438 e. The van der Waals surface area contributed by atoms with Crippen LogP contribution in [0.1, 0.15) is 38.5 Å². The smallest absolute Gasteiger partial charge is 0.313 e. The highest BCUT2D eigenvalue weighted by Gasteiger charge is 2.67. The Kier molecular flexibility index (Phi) is 1.97. The number of carbonyl (C=O) groups is 2. The molecule has 0 N–H and O–H groups in total. The van der Waals surface area contributed by atoms with E-state index in [2.05, 4.69) is 12.2 Å². The van der Waals surface area contributed by atoms with Crippen LogP contribution in [0.2, 0.25) is 0 Å². The molecule has 2 aliphatic heterocycles. The molecule has 0 radical (unpaired) electrons. The van der Waals surface area contributed by atoms with Crippen molar-refractivity contribution in [2.75, 3.05) is 0 Å². The van der Waals surface area contributed by atoms with Crippen molar-refractivity contribution in [3.05, 3.63) is 12.2 Å². The Balaban J connectivity index is 1.64. The van der Waals surface area contributed by atoms with Gasteiger partial charge in [-0.2, -0.15) is 0 Å². The van der Waals surface area contributed by atoms with Gasteiger partial charge in [-0.05, 0) is 31.1 Å². The fraction of sp³-hybridized carbons (Fsp3) is 0.750. The van der Waals surface area contributed by atoms with Gasteiger partial charge in [-0.15, -0.1) is 0 Å². The number of allylic oxidation sites excluding steroid dienone is 1. The van der Waals surface area contributed by atoms with Crippen molar-refractivity contribution in [2.45, 2.75) is 50.3 Å². The van der Waals surface area contributed by atoms with E-state index in [-0.39, 0.29) is 29.8 Å². The minimum atomic E-state index is -0.577. The van der Waals surface area contributed by atoms with Crippen molar-refractivity contribution in [1.82, 2.24) is 4.90 Å². The molecule has 20 heavy (non-hydrogen) atoms. The first kappa shape index (κ1) is 11.4. The second-order valence-corrected chi connectivity index (χ2v) is 7.14. The SMILES string of the molecule is O=C1O[C@]23CCCC[C@H]2CC(=O)N3[C@H]2[C@@H]1[C@H]1C=C[C@@H]2C1. The molecular formula is C16H19NO3. The van der Waals surface area contributed by atoms with E-state index < -0.39 is 5.72 Å². The molecule has 0 aromatic heterocycles. The standard InChI is InChI=1S/C16H19NO3/c18-12-8-11-3-1-2-6-16(11)17(12)14-10-5-4-9(7-10)13(14)15(19)20-16/h4-5,9-11,13-14H,1-3,6-8H2/t9-,10+,11-,13-,14+,16+/m0/s1. The largest absolute Gasteiger partial charge is 0.438 e. The van der Waals surface area contributed by atoms with Crippen LogP contribution in [0.25, 0.3) is 0 Å². The molecule has 4 nitrogen and oxygen atoms in total. The molecule has 2 heterocycles. The number of rotatable bonds is 0. The van der Waals surface area contributed by atoms with Crippen molar-refractivity contribution in [3.8, 4) is 0 Å². The summed E-state index contributed by atoms with van der Waals surface area (Å²) in [5.74, 6) is 0.992. The Hall–Kier alpha value is -1.32. The normalized spacial score (nSPS) is 51.8. The molecule has 0 unspecified atom stereocenters. The molecule has 5 rings (SSSR count). The maximum Gasteiger partial charge on any atom is 0.313 e. The number of esters is 1. The van der Waals surface area contributed by atoms with Crippen LogP contribution in [0.4, 0.5) is 0 Å². The average molecular weight is 273 g/mol. The fourth-order valence-corrected chi connectivity index (χ4v) is 5.60. The predicted molar refractivity (Wildman–Crippen MR) is 70.3 cm³/mol. The molecule has 2 saturated carbocycles. The lowest BCUT2D eigenvalue weighted by molar-refractivity contribution is -0.231. The van der Waals surface area contributed by atoms with E-state index in [4.69, 9.17) is 4.74 Å². The summed E-state index contributed by atoms with van der Waals surface area (Å²) in [5, 5.41) is 0. The van der Waals surface area contributed by atoms with Gasteiger partial charge in [0.15, 0.2) is 5.72 Å². The number of carbonyl (C=O) groups excluding carboxylic acids is 2. The van der Waals surface area contributed by atoms with Gasteiger partial charge in [0.05, 0.1) is 12.0 Å². The lowest BCUT2D eigenvalue weighted by Crippen LogP contribution is -2.65. The highest BCUT2D eigenvalue weighted by molar-refractivity contribution is 5.86. The Morgan fingerprint density at radius 1 is 1.20 bits per heavy atom. The molecule has 5 aliphatic rings. The lowest BCUT2D eigenvalue weighted by atomic mass is 9.77. The topological polar surface area (TPSA) is 46.6 Å². The van der Waals surface area contributed by atoms with E-state index in [0.29, 0.717) is 18.3 Å². The summed E-state index contributed by atoms with van der Waals surface area (Å²) in [5.41, 5.74) is -0.577. The number of ether oxygens (including phenoxy) is 1. The van der Waals surface area contributed by atoms with Gasteiger partial charge >= 0.3 is 5.97 Å². The zero-order chi connectivity index (χ0) is 13.5. The first-order chi connectivity index (χ1) is 9.71. The maximum atomic E-state index is 12.6. The molecule has 2 saturated heterocycles. The van der Waals surface area contributed by atoms with Crippen LogP contribution in [0.5, 0.6) is 0 Å². The van der Waals surface area contributed by atoms with Gasteiger partial charge in [0.25, 0.3) is 0 Å². The van der Waals surface area contributed by atoms with Crippen LogP contribution >= 0.6 is 0 Å². The quantitative estimate of drug-likeness (QED) is 0.500. The minimum absolute atomic E-state index is 0.0373. The summed E-state index contributed by atoms with van der Waals surface area (Å²) in [6.07, 6.45) is 10.1. The van der Waals surface area contributed by atoms with Crippen LogP contribution in [0.15, 0.2) is 12.2 Å². The van der Waals surface area contributed by atoms with Gasteiger partial charge < -0.3 is 4.74 Å². The second kappa shape index (κ2) is 3.46. The van der Waals surface area contributed by atoms with E-state index >= 15 is 0 Å². The Morgan fingerprint density at radius 2 is 2.05 bits per heavy atom. The first-order valence-corrected chi connectivity index (χ1v) is 7.94. The second-order valence-electron chi connectivity index (χ2n) is 7.14. The van der Waals surface area contributed by atoms with Gasteiger partial charge in [0, 0.05) is 18.8 Å². The third-order valence-electron chi connectivity index (χ3n) is 6.34. The monoisotopic (exact) mass is 273 g/mol. The molecule has 0 aromatic carbocycles. The summed E-state index contributed by atoms with van der Waals surface area (Å²) in [6, 6.07) is 0.0850. The molecule has 4 fully saturated rings. The summed E-state index contributed by atoms with van der Waals surface area (Å²) in [7, 11) is 0. The van der Waals surface area contributed by atoms with Gasteiger partial charge in [-0.3, -0.25) is 14.5 Å². The molecule has 3 aliphatic carbocycles. The first-order valence-electron chi connectivity index (χ1n) is 7.94. The third kappa shape index (κ3) is 1.11. The molecule has 2 bridgehead atoms. The van der Waals surface area contributed by atoms with Crippen LogP contribution < -0.4 is 0 Å². The Labute approximate surface area is 118 Å². The van der Waals surface area contributed by atoms with Crippen LogP contribution in [-0.4, -0.2) is 28.5 Å². The lowest BCUT2D eigenvalue weighted by Gasteiger charge is -2.52. The number of hydrogen-bond acceptors (Lipinski definition) is 3. The van der Waals surface area contributed by atoms with Crippen LogP contribution in [0.3, 0.4) is 0 Å². The van der Waals surface area contributed by atoms with Crippen molar-refractivity contribution >= 4 is 11.9 Å². The van der Waals surface area contributed by atoms with Gasteiger partial charge in [0.1, 0.15) is 0 Å². The molecule has 106 valence electrons. The summed E-state index contributed by atoms with van der Waals surface area (Å²) >= 11 is 0. The Bertz CT molecular complexity index is 542. The maximum absolute atomic E-state index is 12.6. The van der Waals surface area contributed by atoms with Crippen LogP contribution in [-0.2, 0) is 14.3 Å². The molecular weight excluding hydrogens is 254 g/mol. The number of nitrogens with zero attached hydrogens (tertiary/aromatic N) is 1. The van der Waals surface area contributed by atoms with E-state index in [0.717, 1.165) is 32.1 Å². The van der Waals surface area contributed by atoms with Gasteiger partial charge in [0.2, 0.25) is 5.91 Å². The molecule has 4 heteroatoms. The predicted octanol–water partition coefficient (Wildman–Crippen LogP) is 1.85. The van der Waals surface area contributed by atoms with E-state index in [1.807, 2.05) is 4.90 Å².